The fourth-order valence-electron chi connectivity index (χ4n) is 1.70. The average molecular weight is 322 g/mol. The van der Waals surface area contributed by atoms with Gasteiger partial charge in [0.25, 0.3) is 0 Å². The number of hydrogen-bond acceptors (Lipinski definition) is 7. The first kappa shape index (κ1) is 15.9. The second-order valence-electron chi connectivity index (χ2n) is 4.35. The summed E-state index contributed by atoms with van der Waals surface area (Å²) in [5.74, 6) is -0.823. The van der Waals surface area contributed by atoms with Crippen LogP contribution in [0.25, 0.3) is 0 Å². The molecule has 0 fully saturated rings. The fourth-order valence-corrected chi connectivity index (χ4v) is 2.91. The molecule has 4 N–H and O–H groups in total. The molecule has 0 spiro atoms. The van der Waals surface area contributed by atoms with E-state index in [0.29, 0.717) is 0 Å². The Morgan fingerprint density at radius 3 is 2.73 bits per heavy atom. The number of carboxylic acids is 1. The van der Waals surface area contributed by atoms with Crippen LogP contribution >= 0.6 is 0 Å². The van der Waals surface area contributed by atoms with Crippen molar-refractivity contribution >= 4 is 21.6 Å². The van der Waals surface area contributed by atoms with Gasteiger partial charge in [0.2, 0.25) is 9.84 Å². The zero-order valence-corrected chi connectivity index (χ0v) is 12.2. The second-order valence-corrected chi connectivity index (χ2v) is 6.42. The van der Waals surface area contributed by atoms with Crippen LogP contribution < -0.4 is 11.1 Å². The number of sulfone groups is 1. The van der Waals surface area contributed by atoms with E-state index in [1.54, 1.807) is 6.07 Å². The molecule has 0 radical (unpaired) electrons. The van der Waals surface area contributed by atoms with Crippen molar-refractivity contribution in [2.24, 2.45) is 5.73 Å². The molecule has 0 amide bonds. The van der Waals surface area contributed by atoms with Gasteiger partial charge in [-0.3, -0.25) is 9.78 Å². The van der Waals surface area contributed by atoms with Crippen molar-refractivity contribution in [3.8, 4) is 0 Å². The maximum Gasteiger partial charge on any atom is 0.322 e. The molecular weight excluding hydrogens is 308 g/mol. The molecule has 0 aromatic carbocycles. The predicted octanol–water partition coefficient (Wildman–Crippen LogP) is 0.404. The van der Waals surface area contributed by atoms with Crippen LogP contribution in [0.2, 0.25) is 0 Å². The number of aliphatic carboxylic acids is 1. The minimum Gasteiger partial charge on any atom is -0.480 e. The van der Waals surface area contributed by atoms with Gasteiger partial charge in [0.05, 0.1) is 10.6 Å². The summed E-state index contributed by atoms with van der Waals surface area (Å²) < 4.78 is 24.8. The highest BCUT2D eigenvalue weighted by atomic mass is 32.2. The number of nitrogens with one attached hydrogen (secondary N) is 1. The number of rotatable bonds is 6. The smallest absolute Gasteiger partial charge is 0.322 e. The molecule has 8 nitrogen and oxygen atoms in total. The van der Waals surface area contributed by atoms with E-state index in [0.717, 1.165) is 0 Å². The molecule has 2 heterocycles. The van der Waals surface area contributed by atoms with E-state index in [-0.39, 0.29) is 23.0 Å². The monoisotopic (exact) mass is 322 g/mol. The minimum atomic E-state index is -3.83. The Bertz CT molecular complexity index is 765. The lowest BCUT2D eigenvalue weighted by Gasteiger charge is -2.13. The first-order chi connectivity index (χ1) is 10.4. The van der Waals surface area contributed by atoms with Gasteiger partial charge in [-0.2, -0.15) is 0 Å². The maximum atomic E-state index is 12.4. The molecule has 22 heavy (non-hydrogen) atoms. The summed E-state index contributed by atoms with van der Waals surface area (Å²) in [7, 11) is -3.83. The number of carboxylic acid groups (broad SMARTS) is 1. The highest BCUT2D eigenvalue weighted by Crippen LogP contribution is 2.23. The summed E-state index contributed by atoms with van der Waals surface area (Å²) in [6.07, 6.45) is 2.67. The molecule has 0 aliphatic carbocycles. The normalized spacial score (nSPS) is 12.6. The third kappa shape index (κ3) is 3.57. The summed E-state index contributed by atoms with van der Waals surface area (Å²) in [6.45, 7) is -0.332. The summed E-state index contributed by atoms with van der Waals surface area (Å²) in [6, 6.07) is 7.43. The molecule has 2 rings (SSSR count). The van der Waals surface area contributed by atoms with Crippen LogP contribution in [0, 0.1) is 0 Å². The van der Waals surface area contributed by atoms with E-state index in [9.17, 15) is 13.2 Å². The number of nitrogens with two attached hydrogens (primary N) is 1. The quantitative estimate of drug-likeness (QED) is 0.695. The van der Waals surface area contributed by atoms with Gasteiger partial charge in [-0.05, 0) is 24.3 Å². The molecule has 2 aromatic heterocycles. The first-order valence-electron chi connectivity index (χ1n) is 6.23. The van der Waals surface area contributed by atoms with Gasteiger partial charge in [0.15, 0.2) is 5.37 Å². The van der Waals surface area contributed by atoms with Gasteiger partial charge in [0.1, 0.15) is 12.4 Å². The van der Waals surface area contributed by atoms with Crippen LogP contribution in [0.1, 0.15) is 11.1 Å². The standard InChI is InChI=1S/C13H14N4O4S/c14-13(22(20,21)9-3-2-6-15-7-9)10-4-1-5-11(17-10)16-8-12(18)19/h1-7,13H,8,14H2,(H,16,17)(H,18,19). The van der Waals surface area contributed by atoms with Crippen molar-refractivity contribution in [3.63, 3.8) is 0 Å². The summed E-state index contributed by atoms with van der Waals surface area (Å²) in [5.41, 5.74) is 5.92. The summed E-state index contributed by atoms with van der Waals surface area (Å²) in [5, 5.41) is 9.80. The van der Waals surface area contributed by atoms with Crippen LogP contribution in [-0.4, -0.2) is 36.0 Å². The molecule has 116 valence electrons. The zero-order valence-electron chi connectivity index (χ0n) is 11.4. The molecule has 1 unspecified atom stereocenters. The Morgan fingerprint density at radius 1 is 1.32 bits per heavy atom. The zero-order chi connectivity index (χ0) is 16.2. The van der Waals surface area contributed by atoms with Crippen LogP contribution in [-0.2, 0) is 14.6 Å². The maximum absolute atomic E-state index is 12.4. The lowest BCUT2D eigenvalue weighted by Crippen LogP contribution is -2.23. The number of aromatic nitrogens is 2. The number of hydrogen-bond donors (Lipinski definition) is 3. The molecule has 9 heteroatoms. The van der Waals surface area contributed by atoms with Crippen molar-refractivity contribution in [2.45, 2.75) is 10.3 Å². The molecular formula is C13H14N4O4S. The predicted molar refractivity (Wildman–Crippen MR) is 78.7 cm³/mol. The lowest BCUT2D eigenvalue weighted by molar-refractivity contribution is -0.134. The molecule has 2 aromatic rings. The fraction of sp³-hybridized carbons (Fsp3) is 0.154. The average Bonchev–Trinajstić information content (AvgIpc) is 2.53. The Labute approximate surface area is 126 Å². The SMILES string of the molecule is NC(c1cccc(NCC(=O)O)n1)S(=O)(=O)c1cccnc1. The van der Waals surface area contributed by atoms with Crippen LogP contribution in [0.5, 0.6) is 0 Å². The molecule has 1 atom stereocenters. The van der Waals surface area contributed by atoms with Gasteiger partial charge < -0.3 is 16.2 Å². The van der Waals surface area contributed by atoms with E-state index < -0.39 is 21.2 Å². The Kier molecular flexibility index (Phi) is 4.68. The molecule has 0 aliphatic heterocycles. The van der Waals surface area contributed by atoms with Crippen LogP contribution in [0.15, 0.2) is 47.6 Å². The van der Waals surface area contributed by atoms with Crippen LogP contribution in [0.3, 0.4) is 0 Å². The van der Waals surface area contributed by atoms with Crippen LogP contribution in [0.4, 0.5) is 5.82 Å². The molecule has 0 saturated heterocycles. The van der Waals surface area contributed by atoms with Gasteiger partial charge in [-0.25, -0.2) is 13.4 Å². The van der Waals surface area contributed by atoms with Crippen molar-refractivity contribution < 1.29 is 18.3 Å². The number of anilines is 1. The third-order valence-electron chi connectivity index (χ3n) is 2.78. The summed E-state index contributed by atoms with van der Waals surface area (Å²) in [4.78, 5) is 18.3. The largest absolute Gasteiger partial charge is 0.480 e. The van der Waals surface area contributed by atoms with Crippen molar-refractivity contribution in [1.29, 1.82) is 0 Å². The Balaban J connectivity index is 2.27. The lowest BCUT2D eigenvalue weighted by atomic mass is 10.3. The first-order valence-corrected chi connectivity index (χ1v) is 7.78. The second kappa shape index (κ2) is 6.50. The third-order valence-corrected chi connectivity index (χ3v) is 4.59. The van der Waals surface area contributed by atoms with E-state index in [1.807, 2.05) is 0 Å². The van der Waals surface area contributed by atoms with E-state index in [2.05, 4.69) is 15.3 Å². The minimum absolute atomic E-state index is 0.00630. The number of carbonyl (C=O) groups is 1. The van der Waals surface area contributed by atoms with E-state index >= 15 is 0 Å². The number of pyridine rings is 2. The van der Waals surface area contributed by atoms with Crippen molar-refractivity contribution in [1.82, 2.24) is 9.97 Å². The Morgan fingerprint density at radius 2 is 2.09 bits per heavy atom. The van der Waals surface area contributed by atoms with Gasteiger partial charge in [-0.1, -0.05) is 6.07 Å². The highest BCUT2D eigenvalue weighted by Gasteiger charge is 2.27. The Hall–Kier alpha value is -2.52. The topological polar surface area (TPSA) is 135 Å². The van der Waals surface area contributed by atoms with Gasteiger partial charge in [0, 0.05) is 12.4 Å². The van der Waals surface area contributed by atoms with Gasteiger partial charge >= 0.3 is 5.97 Å². The molecule has 0 bridgehead atoms. The molecule has 0 saturated carbocycles. The summed E-state index contributed by atoms with van der Waals surface area (Å²) >= 11 is 0. The van der Waals surface area contributed by atoms with E-state index in [4.69, 9.17) is 10.8 Å². The van der Waals surface area contributed by atoms with Crippen molar-refractivity contribution in [3.05, 3.63) is 48.4 Å². The van der Waals surface area contributed by atoms with E-state index in [1.165, 1.54) is 36.7 Å². The van der Waals surface area contributed by atoms with Gasteiger partial charge in [-0.15, -0.1) is 0 Å². The molecule has 0 aliphatic rings. The van der Waals surface area contributed by atoms with Crippen molar-refractivity contribution in [2.75, 3.05) is 11.9 Å². The number of nitrogens with zero attached hydrogens (tertiary/aromatic N) is 2. The highest BCUT2D eigenvalue weighted by molar-refractivity contribution is 7.91.